The fourth-order valence-corrected chi connectivity index (χ4v) is 21.1. The molecule has 28 aromatic rings. The number of nitrogens with one attached hydrogen (secondary N) is 2. The van der Waals surface area contributed by atoms with Gasteiger partial charge in [-0.25, -0.2) is 29.9 Å². The van der Waals surface area contributed by atoms with Gasteiger partial charge < -0.3 is 13.3 Å². The number of aryl methyl sites for hydroxylation is 8. The normalized spacial score (nSPS) is 11.0. The molecule has 0 atom stereocenters. The average Bonchev–Trinajstić information content (AvgIpc) is 1.28. The second-order valence-electron chi connectivity index (χ2n) is 36.8. The Morgan fingerprint density at radius 1 is 0.196 bits per heavy atom. The summed E-state index contributed by atoms with van der Waals surface area (Å²) >= 11 is 5.36. The van der Waals surface area contributed by atoms with E-state index in [1.54, 1.807) is 22.7 Å². The molecule has 28 rings (SSSR count). The van der Waals surface area contributed by atoms with Gasteiger partial charge in [0.25, 0.3) is 11.6 Å². The first-order valence-electron chi connectivity index (χ1n) is 49.6. The van der Waals surface area contributed by atoms with E-state index in [1.807, 2.05) is 121 Å². The molecule has 8 aromatic heterocycles. The molecule has 2 N–H and O–H groups in total. The van der Waals surface area contributed by atoms with Crippen molar-refractivity contribution in [3.63, 3.8) is 0 Å². The predicted octanol–water partition coefficient (Wildman–Crippen LogP) is 36.6. The van der Waals surface area contributed by atoms with Crippen LogP contribution in [0.15, 0.2) is 499 Å². The molecule has 716 valence electrons. The maximum absolute atomic E-state index is 5.86. The molecule has 0 radical (unpaired) electrons. The minimum Gasteiger partial charge on any atom is -0.456 e. The Morgan fingerprint density at radius 3 is 1.07 bits per heavy atom. The molecule has 14 heteroatoms. The number of furan rings is 1. The number of hydrogen-bond donors (Lipinski definition) is 2. The lowest BCUT2D eigenvalue weighted by molar-refractivity contribution is -0.555. The summed E-state index contributed by atoms with van der Waals surface area (Å²) in [6.07, 6.45) is 0. The molecule has 0 bridgehead atoms. The van der Waals surface area contributed by atoms with Crippen LogP contribution in [0, 0.1) is 55.4 Å². The number of thiophene rings is 1. The molecule has 0 aliphatic carbocycles. The summed E-state index contributed by atoms with van der Waals surface area (Å²) in [6, 6.07) is 168. The summed E-state index contributed by atoms with van der Waals surface area (Å²) in [6.45, 7) is 16.8. The summed E-state index contributed by atoms with van der Waals surface area (Å²) in [5.41, 5.74) is 36.5. The molecule has 0 fully saturated rings. The highest BCUT2D eigenvalue weighted by Gasteiger charge is 2.25. The van der Waals surface area contributed by atoms with Crippen molar-refractivity contribution in [1.29, 1.82) is 0 Å². The Hall–Kier alpha value is -17.9. The number of para-hydroxylation sites is 13. The van der Waals surface area contributed by atoms with Crippen molar-refractivity contribution in [3.8, 4) is 100 Å². The Balaban J connectivity index is 0.0000000994. The van der Waals surface area contributed by atoms with E-state index in [0.29, 0.717) is 11.8 Å². The van der Waals surface area contributed by atoms with Crippen LogP contribution in [-0.4, -0.2) is 29.9 Å². The lowest BCUT2D eigenvalue weighted by Crippen LogP contribution is -2.31. The summed E-state index contributed by atoms with van der Waals surface area (Å²) < 4.78 is 27.0. The summed E-state index contributed by atoms with van der Waals surface area (Å²) in [5.74, 6) is 3.58. The molecule has 0 saturated heterocycles. The molecular weight excluding hydrogens is 1870 g/mol. The summed E-state index contributed by atoms with van der Waals surface area (Å²) in [5, 5.41) is 7.29. The number of rotatable bonds is 10. The van der Waals surface area contributed by atoms with Crippen molar-refractivity contribution in [2.24, 2.45) is 0 Å². The highest BCUT2D eigenvalue weighted by Crippen LogP contribution is 2.40. The summed E-state index contributed by atoms with van der Waals surface area (Å²) in [7, 11) is 0. The molecule has 0 saturated carbocycles. The Labute approximate surface area is 872 Å². The molecule has 11 nitrogen and oxygen atoms in total. The zero-order chi connectivity index (χ0) is 101. The minimum absolute atomic E-state index is 0.682. The van der Waals surface area contributed by atoms with Crippen LogP contribution in [0.25, 0.3) is 207 Å². The second-order valence-corrected chi connectivity index (χ2v) is 40.0. The van der Waals surface area contributed by atoms with Crippen molar-refractivity contribution < 1.29 is 22.4 Å². The SMILES string of the molecule is Cc1ccc(-c2[nH]c3ccccc3[n+]2-c2ccccc2)cc1.Cc1ccc(-c2ccc3oc4ccccc4c3c2)cc1.Cc1ccc(-c2nc3ccccc3o2)cc1.Cc1ccc(-c2nc3ccccc3s2)cc1.Cc1cccc(-c2[nH]c3ccccc3[n+]2-c2ccccc2)c1.Cc1cccc(-c2ccc3sc4ccccc4c3c2)c1.Cc1cccc(-c2nc3ccccc3o2)c1.Cc1cccc(-c2nc3ccccc3s2)c1. The average molecular weight is 1970 g/mol. The van der Waals surface area contributed by atoms with E-state index in [9.17, 15) is 0 Å². The molecule has 0 aliphatic heterocycles. The van der Waals surface area contributed by atoms with Crippen molar-refractivity contribution in [2.45, 2.75) is 55.4 Å². The van der Waals surface area contributed by atoms with Crippen molar-refractivity contribution in [1.82, 2.24) is 29.9 Å². The van der Waals surface area contributed by atoms with Gasteiger partial charge in [0.15, 0.2) is 33.2 Å². The smallest absolute Gasteiger partial charge is 0.292 e. The van der Waals surface area contributed by atoms with Gasteiger partial charge in [0.1, 0.15) is 43.6 Å². The van der Waals surface area contributed by atoms with Gasteiger partial charge in [-0.05, 0) is 266 Å². The van der Waals surface area contributed by atoms with Crippen LogP contribution in [0.3, 0.4) is 0 Å². The van der Waals surface area contributed by atoms with Gasteiger partial charge in [-0.3, -0.25) is 0 Å². The molecule has 8 heterocycles. The van der Waals surface area contributed by atoms with Gasteiger partial charge in [-0.1, -0.05) is 342 Å². The van der Waals surface area contributed by atoms with E-state index in [4.69, 9.17) is 13.3 Å². The first-order valence-corrected chi connectivity index (χ1v) is 52.0. The van der Waals surface area contributed by atoms with Crippen LogP contribution < -0.4 is 9.13 Å². The number of H-pyrrole nitrogens is 2. The minimum atomic E-state index is 0.682. The number of aromatic nitrogens is 8. The van der Waals surface area contributed by atoms with Gasteiger partial charge in [0.05, 0.1) is 31.6 Å². The quantitative estimate of drug-likeness (QED) is 0.130. The van der Waals surface area contributed by atoms with Crippen molar-refractivity contribution >= 4 is 141 Å². The topological polar surface area (TPSA) is 130 Å². The molecule has 0 amide bonds. The number of thiazole rings is 2. The number of hydrogen-bond acceptors (Lipinski definition) is 10. The van der Waals surface area contributed by atoms with Gasteiger partial charge in [-0.15, -0.1) is 34.0 Å². The first kappa shape index (κ1) is 96.2. The van der Waals surface area contributed by atoms with Crippen LogP contribution in [0.4, 0.5) is 0 Å². The maximum Gasteiger partial charge on any atom is 0.292 e. The number of benzene rings is 20. The summed E-state index contributed by atoms with van der Waals surface area (Å²) in [4.78, 5) is 25.3. The van der Waals surface area contributed by atoms with Gasteiger partial charge in [-0.2, -0.15) is 9.13 Å². The zero-order valence-corrected chi connectivity index (χ0v) is 85.8. The largest absolute Gasteiger partial charge is 0.456 e. The Morgan fingerprint density at radius 2 is 0.547 bits per heavy atom. The fraction of sp³-hybridized carbons (Fsp3) is 0.0597. The van der Waals surface area contributed by atoms with E-state index >= 15 is 0 Å². The van der Waals surface area contributed by atoms with E-state index in [2.05, 4.69) is 471 Å². The molecule has 20 aromatic carbocycles. The van der Waals surface area contributed by atoms with Crippen LogP contribution >= 0.6 is 34.0 Å². The molecule has 0 aliphatic rings. The standard InChI is InChI=1S/2C20H16N2.C19H14O.C19H14S.2C14H11NO.2C14H11NS/c1-15-8-7-9-16(14-15)20-21-18-12-5-6-13-19(18)22(20)17-10-3-2-4-11-17;1-15-11-13-16(14-12-15)20-21-18-9-5-6-10-19(18)22(20)17-7-3-2-4-8-17;1-13-6-8-14(9-7-13)15-10-11-19-17(12-15)16-4-2-3-5-18(16)20-19;1-13-5-4-6-14(11-13)15-9-10-19-17(12-15)16-7-2-3-8-18(16)20-19;1-10-5-4-6-11(9-10)14-15-12-7-2-3-8-13(12)16-14;1-10-6-8-11(9-7-10)14-15-12-4-2-3-5-13(12)16-14;1-10-5-4-6-11(9-10)14-15-12-7-2-3-8-13(12)16-14;1-10-6-8-11(9-7-10)14-15-12-4-2-3-5-13(12)16-14/h2*2-14H,1H3;2*2-12H,1H3;4*2-9H,1H3/p+2. The Kier molecular flexibility index (Phi) is 28.9. The third kappa shape index (κ3) is 22.4. The third-order valence-electron chi connectivity index (χ3n) is 25.7. The maximum atomic E-state index is 5.86. The van der Waals surface area contributed by atoms with Crippen LogP contribution in [0.2, 0.25) is 0 Å². The van der Waals surface area contributed by atoms with E-state index in [0.717, 1.165) is 99.6 Å². The number of fused-ring (bicyclic) bond motifs is 12. The van der Waals surface area contributed by atoms with Crippen LogP contribution in [-0.2, 0) is 0 Å². The molecular formula is C134H106N8O3S3+2. The molecule has 0 spiro atoms. The zero-order valence-electron chi connectivity index (χ0n) is 83.3. The van der Waals surface area contributed by atoms with Gasteiger partial charge in [0, 0.05) is 53.2 Å². The van der Waals surface area contributed by atoms with Crippen molar-refractivity contribution in [3.05, 3.63) is 530 Å². The van der Waals surface area contributed by atoms with Crippen molar-refractivity contribution in [2.75, 3.05) is 0 Å². The highest BCUT2D eigenvalue weighted by molar-refractivity contribution is 7.25. The fourth-order valence-electron chi connectivity index (χ4n) is 18.1. The number of imidazole rings is 2. The van der Waals surface area contributed by atoms with Crippen LogP contribution in [0.1, 0.15) is 44.5 Å². The van der Waals surface area contributed by atoms with E-state index in [1.165, 1.54) is 140 Å². The van der Waals surface area contributed by atoms with E-state index < -0.39 is 0 Å². The van der Waals surface area contributed by atoms with Gasteiger partial charge >= 0.3 is 0 Å². The highest BCUT2D eigenvalue weighted by atomic mass is 32.1. The number of oxazole rings is 2. The second kappa shape index (κ2) is 44.5. The monoisotopic (exact) mass is 1970 g/mol. The van der Waals surface area contributed by atoms with Crippen LogP contribution in [0.5, 0.6) is 0 Å². The first-order chi connectivity index (χ1) is 72.6. The Bertz CT molecular complexity index is 9100. The number of nitrogens with zero attached hydrogens (tertiary/aromatic N) is 6. The van der Waals surface area contributed by atoms with E-state index in [-0.39, 0.29) is 0 Å². The predicted molar refractivity (Wildman–Crippen MR) is 621 cm³/mol. The molecule has 0 unspecified atom stereocenters. The lowest BCUT2D eigenvalue weighted by Gasteiger charge is -2.03. The third-order valence-corrected chi connectivity index (χ3v) is 29.0. The lowest BCUT2D eigenvalue weighted by atomic mass is 10.0. The van der Waals surface area contributed by atoms with Gasteiger partial charge in [0.2, 0.25) is 11.8 Å². The molecule has 148 heavy (non-hydrogen) atoms. The number of aromatic amines is 2.